The molecule has 0 heterocycles. The Morgan fingerprint density at radius 3 is 2.45 bits per heavy atom. The van der Waals surface area contributed by atoms with E-state index in [1.54, 1.807) is 0 Å². The number of ether oxygens (including phenoxy) is 1. The minimum absolute atomic E-state index is 0.0777. The summed E-state index contributed by atoms with van der Waals surface area (Å²) in [6.07, 6.45) is 2.98. The Kier molecular flexibility index (Phi) is 5.94. The summed E-state index contributed by atoms with van der Waals surface area (Å²) in [5.74, 6) is 2.06. The second-order valence-electron chi connectivity index (χ2n) is 2.55. The quantitative estimate of drug-likeness (QED) is 0.618. The van der Waals surface area contributed by atoms with E-state index in [1.165, 1.54) is 0 Å². The molecular formula is C9H17O2. The van der Waals surface area contributed by atoms with E-state index in [0.717, 1.165) is 18.1 Å². The van der Waals surface area contributed by atoms with Gasteiger partial charge in [0.1, 0.15) is 6.61 Å². The van der Waals surface area contributed by atoms with Crippen molar-refractivity contribution in [1.82, 2.24) is 0 Å². The van der Waals surface area contributed by atoms with Crippen molar-refractivity contribution in [1.29, 1.82) is 0 Å². The summed E-state index contributed by atoms with van der Waals surface area (Å²) in [5, 5.41) is 8.50. The lowest BCUT2D eigenvalue weighted by molar-refractivity contribution is 0.144. The Bertz CT molecular complexity index is 117. The molecule has 0 aliphatic rings. The van der Waals surface area contributed by atoms with Crippen LogP contribution in [0.25, 0.3) is 0 Å². The zero-order valence-corrected chi connectivity index (χ0v) is 7.55. The summed E-state index contributed by atoms with van der Waals surface area (Å²) in [5.41, 5.74) is 0. The van der Waals surface area contributed by atoms with Crippen molar-refractivity contribution in [3.63, 3.8) is 0 Å². The molecule has 11 heavy (non-hydrogen) atoms. The number of aliphatic hydroxyl groups is 1. The first-order valence-corrected chi connectivity index (χ1v) is 3.96. The predicted octanol–water partition coefficient (Wildman–Crippen LogP) is 1.90. The van der Waals surface area contributed by atoms with Crippen LogP contribution in [-0.4, -0.2) is 18.3 Å². The third kappa shape index (κ3) is 4.85. The van der Waals surface area contributed by atoms with Gasteiger partial charge >= 0.3 is 0 Å². The van der Waals surface area contributed by atoms with Crippen LogP contribution in [0.15, 0.2) is 11.8 Å². The maximum Gasteiger partial charge on any atom is 0.111 e. The van der Waals surface area contributed by atoms with Crippen LogP contribution in [-0.2, 0) is 4.74 Å². The minimum atomic E-state index is 0.0777. The first kappa shape index (κ1) is 10.5. The van der Waals surface area contributed by atoms with Crippen molar-refractivity contribution in [2.75, 3.05) is 13.2 Å². The maximum atomic E-state index is 8.50. The lowest BCUT2D eigenvalue weighted by atomic mass is 10.1. The van der Waals surface area contributed by atoms with Gasteiger partial charge in [-0.25, -0.2) is 0 Å². The molecule has 1 N–H and O–H groups in total. The van der Waals surface area contributed by atoms with E-state index in [-0.39, 0.29) is 6.61 Å². The van der Waals surface area contributed by atoms with E-state index in [9.17, 15) is 0 Å². The molecule has 2 heteroatoms. The lowest BCUT2D eigenvalue weighted by Gasteiger charge is -2.11. The van der Waals surface area contributed by atoms with E-state index in [1.807, 2.05) is 19.9 Å². The van der Waals surface area contributed by atoms with Gasteiger partial charge in [-0.15, -0.1) is 0 Å². The predicted molar refractivity (Wildman–Crippen MR) is 46.0 cm³/mol. The van der Waals surface area contributed by atoms with Gasteiger partial charge in [0, 0.05) is 5.92 Å². The van der Waals surface area contributed by atoms with Crippen molar-refractivity contribution >= 4 is 0 Å². The highest BCUT2D eigenvalue weighted by Gasteiger charge is 2.02. The van der Waals surface area contributed by atoms with Gasteiger partial charge in [0.05, 0.1) is 12.4 Å². The zero-order valence-electron chi connectivity index (χ0n) is 7.55. The monoisotopic (exact) mass is 157 g/mol. The largest absolute Gasteiger partial charge is 0.495 e. The molecule has 0 aromatic heterocycles. The molecule has 2 nitrogen and oxygen atoms in total. The summed E-state index contributed by atoms with van der Waals surface area (Å²) in [7, 11) is 0. The number of hydrogen-bond donors (Lipinski definition) is 1. The Morgan fingerprint density at radius 2 is 2.09 bits per heavy atom. The molecule has 0 atom stereocenters. The van der Waals surface area contributed by atoms with E-state index in [4.69, 9.17) is 9.84 Å². The van der Waals surface area contributed by atoms with Crippen molar-refractivity contribution in [3.05, 3.63) is 17.8 Å². The van der Waals surface area contributed by atoms with Crippen LogP contribution in [0.4, 0.5) is 0 Å². The second-order valence-corrected chi connectivity index (χ2v) is 2.55. The molecule has 0 aliphatic carbocycles. The van der Waals surface area contributed by atoms with Crippen molar-refractivity contribution in [2.24, 2.45) is 0 Å². The molecule has 1 radical (unpaired) electrons. The standard InChI is InChI=1S/C9H17O2/c1-4-5-9(8(2)3)11-7-6-10/h5,10H,4,6-7H2,1-3H3. The molecule has 0 unspecified atom stereocenters. The molecule has 0 saturated heterocycles. The molecule has 0 spiro atoms. The molecule has 0 aromatic rings. The van der Waals surface area contributed by atoms with E-state index in [0.29, 0.717) is 6.61 Å². The first-order chi connectivity index (χ1) is 5.22. The van der Waals surface area contributed by atoms with Crippen LogP contribution in [0.2, 0.25) is 0 Å². The number of rotatable bonds is 5. The average Bonchev–Trinajstić information content (AvgIpc) is 1.97. The van der Waals surface area contributed by atoms with E-state index >= 15 is 0 Å². The molecular weight excluding hydrogens is 140 g/mol. The van der Waals surface area contributed by atoms with E-state index in [2.05, 4.69) is 6.92 Å². The molecule has 0 bridgehead atoms. The van der Waals surface area contributed by atoms with Crippen LogP contribution >= 0.6 is 0 Å². The maximum absolute atomic E-state index is 8.50. The fourth-order valence-corrected chi connectivity index (χ4v) is 0.748. The molecule has 0 saturated carbocycles. The lowest BCUT2D eigenvalue weighted by Crippen LogP contribution is -2.02. The summed E-state index contributed by atoms with van der Waals surface area (Å²) in [4.78, 5) is 0. The zero-order chi connectivity index (χ0) is 8.69. The van der Waals surface area contributed by atoms with Crippen LogP contribution in [0.1, 0.15) is 27.2 Å². The first-order valence-electron chi connectivity index (χ1n) is 3.96. The Morgan fingerprint density at radius 1 is 1.45 bits per heavy atom. The van der Waals surface area contributed by atoms with Gasteiger partial charge in [-0.3, -0.25) is 0 Å². The fraction of sp³-hybridized carbons (Fsp3) is 0.667. The van der Waals surface area contributed by atoms with Gasteiger partial charge in [-0.2, -0.15) is 0 Å². The highest BCUT2D eigenvalue weighted by molar-refractivity contribution is 5.13. The van der Waals surface area contributed by atoms with Gasteiger partial charge in [-0.05, 0) is 12.5 Å². The van der Waals surface area contributed by atoms with Gasteiger partial charge in [0.25, 0.3) is 0 Å². The number of allylic oxidation sites excluding steroid dienone is 2. The van der Waals surface area contributed by atoms with Crippen LogP contribution in [0, 0.1) is 5.92 Å². The van der Waals surface area contributed by atoms with E-state index < -0.39 is 0 Å². The third-order valence-corrected chi connectivity index (χ3v) is 1.23. The number of hydrogen-bond acceptors (Lipinski definition) is 2. The van der Waals surface area contributed by atoms with Gasteiger partial charge in [-0.1, -0.05) is 20.8 Å². The SMILES string of the molecule is CCC=C(OCCO)[C](C)C. The van der Waals surface area contributed by atoms with Crippen molar-refractivity contribution in [3.8, 4) is 0 Å². The van der Waals surface area contributed by atoms with Gasteiger partial charge < -0.3 is 9.84 Å². The van der Waals surface area contributed by atoms with Crippen LogP contribution in [0.3, 0.4) is 0 Å². The Labute approximate surface area is 68.9 Å². The second kappa shape index (κ2) is 6.23. The summed E-state index contributed by atoms with van der Waals surface area (Å²) >= 11 is 0. The highest BCUT2D eigenvalue weighted by Crippen LogP contribution is 2.13. The normalized spacial score (nSPS) is 12.3. The smallest absolute Gasteiger partial charge is 0.111 e. The van der Waals surface area contributed by atoms with Crippen LogP contribution in [0.5, 0.6) is 0 Å². The molecule has 0 aliphatic heterocycles. The van der Waals surface area contributed by atoms with Crippen molar-refractivity contribution in [2.45, 2.75) is 27.2 Å². The summed E-state index contributed by atoms with van der Waals surface area (Å²) in [6, 6.07) is 0. The topological polar surface area (TPSA) is 29.5 Å². The Balaban J connectivity index is 3.80. The van der Waals surface area contributed by atoms with Gasteiger partial charge in [0.2, 0.25) is 0 Å². The summed E-state index contributed by atoms with van der Waals surface area (Å²) < 4.78 is 5.27. The molecule has 0 rings (SSSR count). The minimum Gasteiger partial charge on any atom is -0.495 e. The fourth-order valence-electron chi connectivity index (χ4n) is 0.748. The van der Waals surface area contributed by atoms with Crippen molar-refractivity contribution < 1.29 is 9.84 Å². The highest BCUT2D eigenvalue weighted by atomic mass is 16.5. The summed E-state index contributed by atoms with van der Waals surface area (Å²) in [6.45, 7) is 6.52. The Hall–Kier alpha value is -0.500. The molecule has 65 valence electrons. The average molecular weight is 157 g/mol. The van der Waals surface area contributed by atoms with Crippen LogP contribution < -0.4 is 0 Å². The molecule has 0 aromatic carbocycles. The van der Waals surface area contributed by atoms with Gasteiger partial charge in [0.15, 0.2) is 0 Å². The molecule has 0 fully saturated rings. The number of aliphatic hydroxyl groups excluding tert-OH is 1. The third-order valence-electron chi connectivity index (χ3n) is 1.23. The molecule has 0 amide bonds.